The summed E-state index contributed by atoms with van der Waals surface area (Å²) >= 11 is 0. The first-order valence-corrected chi connectivity index (χ1v) is 5.95. The van der Waals surface area contributed by atoms with Crippen molar-refractivity contribution in [1.29, 1.82) is 0 Å². The third kappa shape index (κ3) is 1.56. The van der Waals surface area contributed by atoms with Gasteiger partial charge in [0.1, 0.15) is 5.69 Å². The van der Waals surface area contributed by atoms with E-state index >= 15 is 0 Å². The van der Waals surface area contributed by atoms with Crippen molar-refractivity contribution in [3.8, 4) is 11.3 Å². The van der Waals surface area contributed by atoms with Crippen molar-refractivity contribution in [1.82, 2.24) is 15.0 Å². The lowest BCUT2D eigenvalue weighted by Crippen LogP contribution is -2.21. The molecule has 0 saturated carbocycles. The fourth-order valence-electron chi connectivity index (χ4n) is 2.07. The van der Waals surface area contributed by atoms with E-state index in [-0.39, 0.29) is 11.7 Å². The summed E-state index contributed by atoms with van der Waals surface area (Å²) in [5, 5.41) is 8.40. The van der Waals surface area contributed by atoms with Crippen molar-refractivity contribution in [2.75, 3.05) is 5.73 Å². The van der Waals surface area contributed by atoms with Crippen LogP contribution in [-0.4, -0.2) is 26.6 Å². The maximum atomic E-state index is 12.0. The largest absolute Gasteiger partial charge is 0.399 e. The quantitative estimate of drug-likeness (QED) is 0.616. The van der Waals surface area contributed by atoms with Crippen LogP contribution in [0.2, 0.25) is 0 Å². The molecule has 2 aromatic rings. The third-order valence-corrected chi connectivity index (χ3v) is 3.06. The highest BCUT2D eigenvalue weighted by Crippen LogP contribution is 2.32. The zero-order valence-corrected chi connectivity index (χ0v) is 10.5. The number of aromatic nitrogens is 3. The predicted octanol–water partition coefficient (Wildman–Crippen LogP) is 1.49. The molecule has 0 spiro atoms. The van der Waals surface area contributed by atoms with Gasteiger partial charge >= 0.3 is 0 Å². The van der Waals surface area contributed by atoms with Crippen molar-refractivity contribution in [3.63, 3.8) is 0 Å². The van der Waals surface area contributed by atoms with Crippen molar-refractivity contribution >= 4 is 17.3 Å². The average molecular weight is 256 g/mol. The summed E-state index contributed by atoms with van der Waals surface area (Å²) in [5.41, 5.74) is 7.59. The fraction of sp³-hybridized carbons (Fsp3) is 0.231. The van der Waals surface area contributed by atoms with E-state index in [0.29, 0.717) is 22.5 Å². The average Bonchev–Trinajstić information content (AvgIpc) is 2.81. The van der Waals surface area contributed by atoms with Gasteiger partial charge in [-0.15, -0.1) is 5.10 Å². The molecule has 0 radical (unpaired) electrons. The summed E-state index contributed by atoms with van der Waals surface area (Å²) in [6.45, 7) is 3.81. The summed E-state index contributed by atoms with van der Waals surface area (Å²) in [6.07, 6.45) is 0. The van der Waals surface area contributed by atoms with Crippen LogP contribution in [0.15, 0.2) is 18.2 Å². The first-order valence-electron chi connectivity index (χ1n) is 5.95. The normalized spacial score (nSPS) is 13.6. The van der Waals surface area contributed by atoms with E-state index in [1.807, 2.05) is 13.8 Å². The molecule has 1 aromatic carbocycles. The Balaban J connectivity index is 2.30. The van der Waals surface area contributed by atoms with Gasteiger partial charge < -0.3 is 5.73 Å². The van der Waals surface area contributed by atoms with Crippen molar-refractivity contribution in [3.05, 3.63) is 29.5 Å². The second kappa shape index (κ2) is 3.74. The van der Waals surface area contributed by atoms with Crippen molar-refractivity contribution in [2.45, 2.75) is 19.9 Å². The van der Waals surface area contributed by atoms with E-state index in [0.717, 1.165) is 0 Å². The fourth-order valence-corrected chi connectivity index (χ4v) is 2.07. The minimum atomic E-state index is -0.625. The molecule has 0 amide bonds. The third-order valence-electron chi connectivity index (χ3n) is 3.06. The summed E-state index contributed by atoms with van der Waals surface area (Å²) in [4.78, 5) is 25.5. The van der Waals surface area contributed by atoms with Crippen LogP contribution in [0, 0.1) is 0 Å². The van der Waals surface area contributed by atoms with Crippen molar-refractivity contribution < 1.29 is 9.59 Å². The SMILES string of the molecule is CC(C)n1nc2c(n1)-c1ccc(N)cc1C(=O)C2=O. The van der Waals surface area contributed by atoms with Crippen LogP contribution in [0.25, 0.3) is 11.3 Å². The summed E-state index contributed by atoms with van der Waals surface area (Å²) in [5.74, 6) is -1.20. The second-order valence-corrected chi connectivity index (χ2v) is 4.77. The first kappa shape index (κ1) is 11.6. The summed E-state index contributed by atoms with van der Waals surface area (Å²) < 4.78 is 0. The van der Waals surface area contributed by atoms with Gasteiger partial charge in [0.05, 0.1) is 6.04 Å². The number of hydrogen-bond donors (Lipinski definition) is 1. The Morgan fingerprint density at radius 2 is 1.74 bits per heavy atom. The Morgan fingerprint density at radius 3 is 2.42 bits per heavy atom. The zero-order chi connectivity index (χ0) is 13.7. The van der Waals surface area contributed by atoms with Gasteiger partial charge in [-0.2, -0.15) is 9.90 Å². The molecule has 0 bridgehead atoms. The van der Waals surface area contributed by atoms with E-state index in [4.69, 9.17) is 5.73 Å². The van der Waals surface area contributed by atoms with Crippen LogP contribution in [-0.2, 0) is 0 Å². The molecule has 2 N–H and O–H groups in total. The maximum Gasteiger partial charge on any atom is 0.256 e. The molecule has 1 aromatic heterocycles. The monoisotopic (exact) mass is 256 g/mol. The van der Waals surface area contributed by atoms with Gasteiger partial charge in [0, 0.05) is 16.8 Å². The summed E-state index contributed by atoms with van der Waals surface area (Å²) in [6, 6.07) is 4.91. The van der Waals surface area contributed by atoms with Gasteiger partial charge in [-0.3, -0.25) is 9.59 Å². The van der Waals surface area contributed by atoms with Gasteiger partial charge in [0.2, 0.25) is 5.78 Å². The number of nitrogen functional groups attached to an aromatic ring is 1. The van der Waals surface area contributed by atoms with Crippen LogP contribution >= 0.6 is 0 Å². The van der Waals surface area contributed by atoms with Gasteiger partial charge in [-0.1, -0.05) is 0 Å². The number of hydrogen-bond acceptors (Lipinski definition) is 5. The molecule has 1 heterocycles. The van der Waals surface area contributed by atoms with Crippen LogP contribution in [0.4, 0.5) is 5.69 Å². The molecule has 1 aliphatic rings. The van der Waals surface area contributed by atoms with E-state index in [1.54, 1.807) is 12.1 Å². The second-order valence-electron chi connectivity index (χ2n) is 4.77. The standard InChI is InChI=1S/C13H12N4O2/c1-6(2)17-15-10-8-4-3-7(14)5-9(8)12(18)13(19)11(10)16-17/h3-6H,14H2,1-2H3. The Morgan fingerprint density at radius 1 is 1.05 bits per heavy atom. The Bertz CT molecular complexity index is 715. The zero-order valence-electron chi connectivity index (χ0n) is 10.5. The summed E-state index contributed by atoms with van der Waals surface area (Å²) in [7, 11) is 0. The molecule has 0 unspecified atom stereocenters. The number of carbonyl (C=O) groups excluding carboxylic acids is 2. The van der Waals surface area contributed by atoms with E-state index in [2.05, 4.69) is 10.2 Å². The van der Waals surface area contributed by atoms with Crippen molar-refractivity contribution in [2.24, 2.45) is 0 Å². The highest BCUT2D eigenvalue weighted by Gasteiger charge is 2.34. The maximum absolute atomic E-state index is 12.0. The van der Waals surface area contributed by atoms with Crippen LogP contribution in [0.1, 0.15) is 40.7 Å². The minimum absolute atomic E-state index is 0.0192. The number of nitrogens with two attached hydrogens (primary N) is 1. The van der Waals surface area contributed by atoms with E-state index < -0.39 is 11.6 Å². The molecule has 3 rings (SSSR count). The lowest BCUT2D eigenvalue weighted by Gasteiger charge is -2.11. The Kier molecular flexibility index (Phi) is 2.28. The molecule has 6 nitrogen and oxygen atoms in total. The smallest absolute Gasteiger partial charge is 0.256 e. The molecule has 0 aliphatic heterocycles. The molecule has 19 heavy (non-hydrogen) atoms. The minimum Gasteiger partial charge on any atom is -0.399 e. The molecular formula is C13H12N4O2. The Labute approximate surface area is 109 Å². The first-order chi connectivity index (χ1) is 8.99. The number of anilines is 1. The number of Topliss-reactive ketones (excluding diaryl/α,β-unsaturated/α-hetero) is 2. The molecule has 96 valence electrons. The molecule has 0 fully saturated rings. The van der Waals surface area contributed by atoms with E-state index in [1.165, 1.54) is 10.9 Å². The number of fused-ring (bicyclic) bond motifs is 3. The number of nitrogens with zero attached hydrogens (tertiary/aromatic N) is 3. The number of rotatable bonds is 1. The van der Waals surface area contributed by atoms with Crippen LogP contribution in [0.3, 0.4) is 0 Å². The molecule has 6 heteroatoms. The highest BCUT2D eigenvalue weighted by molar-refractivity contribution is 6.52. The van der Waals surface area contributed by atoms with Crippen LogP contribution in [0.5, 0.6) is 0 Å². The predicted molar refractivity (Wildman–Crippen MR) is 68.9 cm³/mol. The Hall–Kier alpha value is -2.50. The topological polar surface area (TPSA) is 90.9 Å². The molecular weight excluding hydrogens is 244 g/mol. The lowest BCUT2D eigenvalue weighted by molar-refractivity contribution is 0.0812. The molecule has 0 atom stereocenters. The highest BCUT2D eigenvalue weighted by atomic mass is 16.2. The van der Waals surface area contributed by atoms with Gasteiger partial charge in [-0.05, 0) is 32.0 Å². The van der Waals surface area contributed by atoms with Gasteiger partial charge in [0.25, 0.3) is 5.78 Å². The molecule has 1 aliphatic carbocycles. The lowest BCUT2D eigenvalue weighted by atomic mass is 9.90. The number of ketones is 2. The van der Waals surface area contributed by atoms with Gasteiger partial charge in [0.15, 0.2) is 5.69 Å². The molecule has 0 saturated heterocycles. The number of carbonyl (C=O) groups is 2. The van der Waals surface area contributed by atoms with E-state index in [9.17, 15) is 9.59 Å². The van der Waals surface area contributed by atoms with Gasteiger partial charge in [-0.25, -0.2) is 0 Å². The van der Waals surface area contributed by atoms with Crippen LogP contribution < -0.4 is 5.73 Å². The number of benzene rings is 1.